The molecule has 3 heterocycles. The number of aliphatic hydroxyl groups is 1. The maximum atomic E-state index is 13.0. The van der Waals surface area contributed by atoms with Gasteiger partial charge in [-0.1, -0.05) is 29.8 Å². The normalized spacial score (nSPS) is 16.7. The number of Topliss-reactive ketones (excluding diaryl/α,β-unsaturated/α-hetero) is 1. The molecule has 1 saturated heterocycles. The zero-order chi connectivity index (χ0) is 21.5. The SMILES string of the molecule is Cc1ccc([C@H](CC(=O)Cc2cc3c(c(C)n2)C(N2CCC2)=NC3)C(C)(C)O)cc1. The summed E-state index contributed by atoms with van der Waals surface area (Å²) < 4.78 is 0. The first-order valence-electron chi connectivity index (χ1n) is 10.8. The number of likely N-dealkylation sites (tertiary alicyclic amines) is 1. The summed E-state index contributed by atoms with van der Waals surface area (Å²) in [6.45, 7) is 10.4. The van der Waals surface area contributed by atoms with E-state index in [9.17, 15) is 9.90 Å². The molecule has 30 heavy (non-hydrogen) atoms. The molecule has 1 aromatic carbocycles. The van der Waals surface area contributed by atoms with Gasteiger partial charge in [0.2, 0.25) is 0 Å². The first-order valence-corrected chi connectivity index (χ1v) is 10.8. The van der Waals surface area contributed by atoms with Crippen LogP contribution >= 0.6 is 0 Å². The number of nitrogens with zero attached hydrogens (tertiary/aromatic N) is 3. The molecule has 0 aliphatic carbocycles. The number of aryl methyl sites for hydroxylation is 2. The quantitative estimate of drug-likeness (QED) is 0.795. The van der Waals surface area contributed by atoms with Crippen LogP contribution in [0, 0.1) is 13.8 Å². The fourth-order valence-electron chi connectivity index (χ4n) is 4.43. The van der Waals surface area contributed by atoms with Crippen LogP contribution < -0.4 is 0 Å². The standard InChI is InChI=1S/C25H31N3O2/c1-16-6-8-18(9-7-16)22(25(3,4)30)14-21(29)13-20-12-19-15-26-24(28-10-5-11-28)23(19)17(2)27-20/h6-9,12,22,30H,5,10-11,13-15H2,1-4H3/t22-/m0/s1. The van der Waals surface area contributed by atoms with Crippen LogP contribution in [0.1, 0.15) is 66.2 Å². The fourth-order valence-corrected chi connectivity index (χ4v) is 4.43. The Kier molecular flexibility index (Phi) is 5.49. The van der Waals surface area contributed by atoms with Gasteiger partial charge in [-0.05, 0) is 51.3 Å². The highest BCUT2D eigenvalue weighted by atomic mass is 16.3. The zero-order valence-electron chi connectivity index (χ0n) is 18.4. The van der Waals surface area contributed by atoms with E-state index in [4.69, 9.17) is 9.98 Å². The minimum absolute atomic E-state index is 0.0939. The number of benzene rings is 1. The van der Waals surface area contributed by atoms with Gasteiger partial charge >= 0.3 is 0 Å². The number of aliphatic imine (C=N–C) groups is 1. The summed E-state index contributed by atoms with van der Waals surface area (Å²) in [4.78, 5) is 24.7. The Hall–Kier alpha value is -2.53. The number of hydrogen-bond donors (Lipinski definition) is 1. The van der Waals surface area contributed by atoms with Crippen LogP contribution in [0.2, 0.25) is 0 Å². The van der Waals surface area contributed by atoms with Gasteiger partial charge in [-0.15, -0.1) is 0 Å². The molecule has 1 fully saturated rings. The van der Waals surface area contributed by atoms with Crippen molar-refractivity contribution in [3.05, 3.63) is 64.0 Å². The molecule has 0 saturated carbocycles. The van der Waals surface area contributed by atoms with Crippen molar-refractivity contribution in [3.63, 3.8) is 0 Å². The smallest absolute Gasteiger partial charge is 0.139 e. The molecule has 2 aliphatic rings. The molecule has 0 bridgehead atoms. The largest absolute Gasteiger partial charge is 0.390 e. The predicted octanol–water partition coefficient (Wildman–Crippen LogP) is 3.72. The van der Waals surface area contributed by atoms with Gasteiger partial charge in [0.05, 0.1) is 12.1 Å². The molecular weight excluding hydrogens is 374 g/mol. The Morgan fingerprint density at radius 3 is 2.50 bits per heavy atom. The summed E-state index contributed by atoms with van der Waals surface area (Å²) in [6.07, 6.45) is 1.79. The number of carbonyl (C=O) groups is 1. The molecule has 5 heteroatoms. The van der Waals surface area contributed by atoms with Crippen LogP contribution in [0.25, 0.3) is 0 Å². The van der Waals surface area contributed by atoms with Crippen LogP contribution in [-0.2, 0) is 17.8 Å². The van der Waals surface area contributed by atoms with Crippen molar-refractivity contribution in [2.45, 2.75) is 65.0 Å². The number of ketones is 1. The van der Waals surface area contributed by atoms with Crippen molar-refractivity contribution in [1.82, 2.24) is 9.88 Å². The van der Waals surface area contributed by atoms with Gasteiger partial charge in [0.1, 0.15) is 11.6 Å². The molecule has 2 aromatic rings. The Morgan fingerprint density at radius 2 is 1.90 bits per heavy atom. The number of rotatable bonds is 6. The van der Waals surface area contributed by atoms with Crippen molar-refractivity contribution < 1.29 is 9.90 Å². The number of aromatic nitrogens is 1. The van der Waals surface area contributed by atoms with Gasteiger partial charge in [0.15, 0.2) is 0 Å². The Morgan fingerprint density at radius 1 is 1.20 bits per heavy atom. The zero-order valence-corrected chi connectivity index (χ0v) is 18.4. The second kappa shape index (κ2) is 7.95. The number of pyridine rings is 1. The van der Waals surface area contributed by atoms with Gasteiger partial charge < -0.3 is 10.0 Å². The van der Waals surface area contributed by atoms with Gasteiger partial charge in [0, 0.05) is 48.8 Å². The van der Waals surface area contributed by atoms with E-state index in [0.29, 0.717) is 13.0 Å². The molecule has 0 radical (unpaired) electrons. The second-order valence-electron chi connectivity index (χ2n) is 9.25. The number of carbonyl (C=O) groups excluding carboxylic acids is 1. The van der Waals surface area contributed by atoms with E-state index in [1.54, 1.807) is 13.8 Å². The summed E-state index contributed by atoms with van der Waals surface area (Å²) in [7, 11) is 0. The van der Waals surface area contributed by atoms with Crippen molar-refractivity contribution in [2.75, 3.05) is 13.1 Å². The van der Waals surface area contributed by atoms with E-state index in [-0.39, 0.29) is 18.1 Å². The minimum Gasteiger partial charge on any atom is -0.390 e. The van der Waals surface area contributed by atoms with E-state index in [0.717, 1.165) is 47.0 Å². The van der Waals surface area contributed by atoms with Crippen molar-refractivity contribution >= 4 is 11.6 Å². The summed E-state index contributed by atoms with van der Waals surface area (Å²) in [5.74, 6) is 0.916. The van der Waals surface area contributed by atoms with E-state index < -0.39 is 5.60 Å². The Bertz CT molecular complexity index is 983. The molecule has 1 atom stereocenters. The molecule has 5 nitrogen and oxygen atoms in total. The van der Waals surface area contributed by atoms with E-state index in [1.807, 2.05) is 44.2 Å². The summed E-state index contributed by atoms with van der Waals surface area (Å²) in [6, 6.07) is 10.1. The molecule has 1 N–H and O–H groups in total. The van der Waals surface area contributed by atoms with Gasteiger partial charge in [-0.25, -0.2) is 0 Å². The second-order valence-corrected chi connectivity index (χ2v) is 9.25. The van der Waals surface area contributed by atoms with Crippen LogP contribution in [0.5, 0.6) is 0 Å². The predicted molar refractivity (Wildman–Crippen MR) is 119 cm³/mol. The summed E-state index contributed by atoms with van der Waals surface area (Å²) in [5.41, 5.74) is 5.26. The third kappa shape index (κ3) is 4.17. The van der Waals surface area contributed by atoms with Crippen LogP contribution in [0.3, 0.4) is 0 Å². The lowest BCUT2D eigenvalue weighted by Gasteiger charge is -2.33. The van der Waals surface area contributed by atoms with Crippen LogP contribution in [0.4, 0.5) is 0 Å². The number of fused-ring (bicyclic) bond motifs is 1. The third-order valence-corrected chi connectivity index (χ3v) is 6.26. The molecule has 0 spiro atoms. The lowest BCUT2D eigenvalue weighted by molar-refractivity contribution is -0.120. The maximum absolute atomic E-state index is 13.0. The average molecular weight is 406 g/mol. The molecular formula is C25H31N3O2. The van der Waals surface area contributed by atoms with Gasteiger partial charge in [-0.2, -0.15) is 0 Å². The van der Waals surface area contributed by atoms with E-state index in [2.05, 4.69) is 4.90 Å². The monoisotopic (exact) mass is 405 g/mol. The highest BCUT2D eigenvalue weighted by Gasteiger charge is 2.31. The lowest BCUT2D eigenvalue weighted by Crippen LogP contribution is -2.42. The molecule has 4 rings (SSSR count). The van der Waals surface area contributed by atoms with Crippen molar-refractivity contribution in [1.29, 1.82) is 0 Å². The third-order valence-electron chi connectivity index (χ3n) is 6.26. The van der Waals surface area contributed by atoms with E-state index in [1.165, 1.54) is 12.0 Å². The molecule has 2 aliphatic heterocycles. The average Bonchev–Trinajstić information content (AvgIpc) is 3.02. The van der Waals surface area contributed by atoms with Crippen molar-refractivity contribution in [2.24, 2.45) is 4.99 Å². The topological polar surface area (TPSA) is 65.8 Å². The lowest BCUT2D eigenvalue weighted by atomic mass is 9.80. The number of hydrogen-bond acceptors (Lipinski definition) is 5. The Balaban J connectivity index is 1.49. The Labute approximate surface area is 178 Å². The maximum Gasteiger partial charge on any atom is 0.139 e. The molecule has 1 aromatic heterocycles. The molecule has 0 unspecified atom stereocenters. The molecule has 0 amide bonds. The minimum atomic E-state index is -0.980. The fraction of sp³-hybridized carbons (Fsp3) is 0.480. The first kappa shape index (κ1) is 20.7. The summed E-state index contributed by atoms with van der Waals surface area (Å²) in [5, 5.41) is 10.7. The van der Waals surface area contributed by atoms with E-state index >= 15 is 0 Å². The van der Waals surface area contributed by atoms with Gasteiger partial charge in [-0.3, -0.25) is 14.8 Å². The van der Waals surface area contributed by atoms with Crippen LogP contribution in [0.15, 0.2) is 35.3 Å². The summed E-state index contributed by atoms with van der Waals surface area (Å²) >= 11 is 0. The van der Waals surface area contributed by atoms with Crippen molar-refractivity contribution in [3.8, 4) is 0 Å². The highest BCUT2D eigenvalue weighted by Crippen LogP contribution is 2.32. The van der Waals surface area contributed by atoms with Gasteiger partial charge in [0.25, 0.3) is 0 Å². The molecule has 158 valence electrons. The number of amidine groups is 1. The highest BCUT2D eigenvalue weighted by molar-refractivity contribution is 6.03. The first-order chi connectivity index (χ1) is 14.2. The van der Waals surface area contributed by atoms with Crippen LogP contribution in [-0.4, -0.2) is 45.3 Å².